The Morgan fingerprint density at radius 3 is 2.11 bits per heavy atom. The minimum absolute atomic E-state index is 0.883. The molecule has 2 aromatic carbocycles. The van der Waals surface area contributed by atoms with Crippen molar-refractivity contribution in [3.8, 4) is 22.5 Å². The molecule has 2 aromatic heterocycles. The lowest BCUT2D eigenvalue weighted by Crippen LogP contribution is -1.99. The number of nitrogens with one attached hydrogen (secondary N) is 1. The lowest BCUT2D eigenvalue weighted by atomic mass is 9.91. The van der Waals surface area contributed by atoms with E-state index >= 15 is 0 Å². The Labute approximate surface area is 159 Å². The summed E-state index contributed by atoms with van der Waals surface area (Å²) in [6, 6.07) is 12.9. The number of hydrogen-bond acceptors (Lipinski definition) is 3. The number of aromatic amines is 1. The third-order valence-corrected chi connectivity index (χ3v) is 5.29. The molecule has 0 unspecified atom stereocenters. The van der Waals surface area contributed by atoms with Crippen LogP contribution < -0.4 is 0 Å². The van der Waals surface area contributed by atoms with Gasteiger partial charge in [0.1, 0.15) is 11.4 Å². The Morgan fingerprint density at radius 2 is 1.44 bits per heavy atom. The molecule has 4 aromatic rings. The largest absolute Gasteiger partial charge is 0.264 e. The van der Waals surface area contributed by atoms with Gasteiger partial charge in [-0.1, -0.05) is 32.9 Å². The fraction of sp³-hybridized carbons (Fsp3) is 0.261. The molecule has 0 fully saturated rings. The molecule has 4 heteroatoms. The number of pyridine rings is 1. The summed E-state index contributed by atoms with van der Waals surface area (Å²) < 4.78 is 0. The van der Waals surface area contributed by atoms with Crippen LogP contribution >= 0.6 is 0 Å². The van der Waals surface area contributed by atoms with E-state index in [1.165, 1.54) is 22.1 Å². The van der Waals surface area contributed by atoms with Crippen LogP contribution in [0.3, 0.4) is 0 Å². The average molecular weight is 356 g/mol. The van der Waals surface area contributed by atoms with Gasteiger partial charge in [0.15, 0.2) is 0 Å². The Hall–Kier alpha value is -3.01. The highest BCUT2D eigenvalue weighted by molar-refractivity contribution is 5.88. The molecule has 4 nitrogen and oxygen atoms in total. The number of rotatable bonds is 5. The van der Waals surface area contributed by atoms with Crippen LogP contribution in [-0.2, 0) is 19.3 Å². The summed E-state index contributed by atoms with van der Waals surface area (Å²) in [5.41, 5.74) is 8.27. The first-order chi connectivity index (χ1) is 13.2. The standard InChI is InChI=1S/C23H24N4/c1-4-15-11-19(12-16(5-2)21(15)6-3)23-22(25-27-26-23)18-8-7-17-9-10-24-14-20(17)13-18/h7-14H,4-6H2,1-3H3,(H,25,26,27). The monoisotopic (exact) mass is 356 g/mol. The number of nitrogens with zero attached hydrogens (tertiary/aromatic N) is 3. The van der Waals surface area contributed by atoms with Gasteiger partial charge in [0.05, 0.1) is 0 Å². The molecule has 27 heavy (non-hydrogen) atoms. The predicted octanol–water partition coefficient (Wildman–Crippen LogP) is 5.37. The first-order valence-electron chi connectivity index (χ1n) is 9.65. The van der Waals surface area contributed by atoms with Crippen molar-refractivity contribution in [1.82, 2.24) is 20.4 Å². The highest BCUT2D eigenvalue weighted by atomic mass is 15.3. The Morgan fingerprint density at radius 1 is 0.741 bits per heavy atom. The molecule has 0 aliphatic heterocycles. The number of aromatic nitrogens is 4. The maximum Gasteiger partial charge on any atom is 0.120 e. The van der Waals surface area contributed by atoms with Gasteiger partial charge in [0.25, 0.3) is 0 Å². The molecule has 4 rings (SSSR count). The highest BCUT2D eigenvalue weighted by Gasteiger charge is 2.16. The Kier molecular flexibility index (Phi) is 4.71. The molecule has 0 atom stereocenters. The minimum atomic E-state index is 0.883. The van der Waals surface area contributed by atoms with E-state index in [-0.39, 0.29) is 0 Å². The van der Waals surface area contributed by atoms with Crippen molar-refractivity contribution in [1.29, 1.82) is 0 Å². The number of H-pyrrole nitrogens is 1. The van der Waals surface area contributed by atoms with Crippen molar-refractivity contribution >= 4 is 10.8 Å². The molecule has 2 heterocycles. The van der Waals surface area contributed by atoms with E-state index in [0.29, 0.717) is 0 Å². The molecule has 1 N–H and O–H groups in total. The van der Waals surface area contributed by atoms with Crippen molar-refractivity contribution in [3.63, 3.8) is 0 Å². The summed E-state index contributed by atoms with van der Waals surface area (Å²) in [6.45, 7) is 6.67. The van der Waals surface area contributed by atoms with Crippen LogP contribution in [0.5, 0.6) is 0 Å². The van der Waals surface area contributed by atoms with E-state index < -0.39 is 0 Å². The van der Waals surface area contributed by atoms with Crippen LogP contribution in [0.4, 0.5) is 0 Å². The van der Waals surface area contributed by atoms with Crippen molar-refractivity contribution in [2.45, 2.75) is 40.0 Å². The molecule has 0 spiro atoms. The summed E-state index contributed by atoms with van der Waals surface area (Å²) in [5.74, 6) is 0. The first-order valence-corrected chi connectivity index (χ1v) is 9.65. The second-order valence-electron chi connectivity index (χ2n) is 6.79. The maximum atomic E-state index is 4.50. The number of hydrogen-bond donors (Lipinski definition) is 1. The van der Waals surface area contributed by atoms with E-state index in [2.05, 4.69) is 71.5 Å². The summed E-state index contributed by atoms with van der Waals surface area (Å²) >= 11 is 0. The minimum Gasteiger partial charge on any atom is -0.264 e. The predicted molar refractivity (Wildman–Crippen MR) is 111 cm³/mol. The average Bonchev–Trinajstić information content (AvgIpc) is 3.22. The van der Waals surface area contributed by atoms with Gasteiger partial charge < -0.3 is 0 Å². The lowest BCUT2D eigenvalue weighted by molar-refractivity contribution is 0.942. The lowest BCUT2D eigenvalue weighted by Gasteiger charge is -2.14. The first kappa shape index (κ1) is 17.4. The van der Waals surface area contributed by atoms with Crippen molar-refractivity contribution < 1.29 is 0 Å². The number of benzene rings is 2. The fourth-order valence-corrected chi connectivity index (χ4v) is 3.89. The highest BCUT2D eigenvalue weighted by Crippen LogP contribution is 2.33. The fourth-order valence-electron chi connectivity index (χ4n) is 3.89. The molecule has 136 valence electrons. The van der Waals surface area contributed by atoms with Gasteiger partial charge in [0.2, 0.25) is 0 Å². The number of aryl methyl sites for hydroxylation is 2. The molecule has 0 amide bonds. The molecule has 0 aliphatic rings. The van der Waals surface area contributed by atoms with E-state index in [1.54, 1.807) is 0 Å². The summed E-state index contributed by atoms with van der Waals surface area (Å²) in [6.07, 6.45) is 6.82. The zero-order valence-electron chi connectivity index (χ0n) is 16.1. The molecule has 0 aliphatic carbocycles. The third kappa shape index (κ3) is 3.12. The van der Waals surface area contributed by atoms with Crippen LogP contribution in [0, 0.1) is 0 Å². The van der Waals surface area contributed by atoms with E-state index in [4.69, 9.17) is 0 Å². The van der Waals surface area contributed by atoms with E-state index in [0.717, 1.165) is 47.2 Å². The second-order valence-corrected chi connectivity index (χ2v) is 6.79. The van der Waals surface area contributed by atoms with Gasteiger partial charge in [-0.15, -0.1) is 0 Å². The molecule has 0 bridgehead atoms. The molecule has 0 saturated carbocycles. The molecule has 0 radical (unpaired) electrons. The van der Waals surface area contributed by atoms with Crippen LogP contribution in [-0.4, -0.2) is 20.4 Å². The Balaban J connectivity index is 1.86. The topological polar surface area (TPSA) is 54.5 Å². The van der Waals surface area contributed by atoms with Gasteiger partial charge >= 0.3 is 0 Å². The van der Waals surface area contributed by atoms with Gasteiger partial charge in [-0.25, -0.2) is 0 Å². The van der Waals surface area contributed by atoms with Crippen LogP contribution in [0.2, 0.25) is 0 Å². The Bertz CT molecular complexity index is 1070. The zero-order chi connectivity index (χ0) is 18.8. The maximum absolute atomic E-state index is 4.50. The van der Waals surface area contributed by atoms with Crippen LogP contribution in [0.1, 0.15) is 37.5 Å². The number of fused-ring (bicyclic) bond motifs is 1. The second kappa shape index (κ2) is 7.31. The van der Waals surface area contributed by atoms with Crippen molar-refractivity contribution in [3.05, 3.63) is 65.5 Å². The SMILES string of the molecule is CCc1cc(-c2n[nH]nc2-c2ccc3ccncc3c2)cc(CC)c1CC. The van der Waals surface area contributed by atoms with Gasteiger partial charge in [-0.05, 0) is 65.6 Å². The smallest absolute Gasteiger partial charge is 0.120 e. The van der Waals surface area contributed by atoms with E-state index in [1.807, 2.05) is 18.5 Å². The summed E-state index contributed by atoms with van der Waals surface area (Å²) in [4.78, 5) is 4.24. The molecule has 0 saturated heterocycles. The quantitative estimate of drug-likeness (QED) is 0.523. The van der Waals surface area contributed by atoms with Crippen LogP contribution in [0.25, 0.3) is 33.3 Å². The van der Waals surface area contributed by atoms with E-state index in [9.17, 15) is 0 Å². The van der Waals surface area contributed by atoms with Gasteiger partial charge in [-0.3, -0.25) is 4.98 Å². The van der Waals surface area contributed by atoms with Crippen LogP contribution in [0.15, 0.2) is 48.8 Å². The molecular formula is C23H24N4. The van der Waals surface area contributed by atoms with Crippen molar-refractivity contribution in [2.24, 2.45) is 0 Å². The van der Waals surface area contributed by atoms with Gasteiger partial charge in [-0.2, -0.15) is 15.4 Å². The third-order valence-electron chi connectivity index (χ3n) is 5.29. The van der Waals surface area contributed by atoms with Crippen molar-refractivity contribution in [2.75, 3.05) is 0 Å². The zero-order valence-corrected chi connectivity index (χ0v) is 16.1. The molecular weight excluding hydrogens is 332 g/mol. The summed E-state index contributed by atoms with van der Waals surface area (Å²) in [7, 11) is 0. The normalized spacial score (nSPS) is 11.2. The summed E-state index contributed by atoms with van der Waals surface area (Å²) in [5, 5.41) is 14.1. The van der Waals surface area contributed by atoms with Gasteiger partial charge in [0, 0.05) is 28.9 Å².